The van der Waals surface area contributed by atoms with Crippen LogP contribution < -0.4 is 4.90 Å². The van der Waals surface area contributed by atoms with Crippen LogP contribution >= 0.6 is 11.8 Å². The van der Waals surface area contributed by atoms with Crippen LogP contribution in [-0.2, 0) is 0 Å². The van der Waals surface area contributed by atoms with E-state index in [2.05, 4.69) is 138 Å². The molecule has 0 saturated carbocycles. The van der Waals surface area contributed by atoms with Gasteiger partial charge in [-0.25, -0.2) is 9.97 Å². The fourth-order valence-corrected chi connectivity index (χ4v) is 6.61. The van der Waals surface area contributed by atoms with Gasteiger partial charge in [0.25, 0.3) is 0 Å². The van der Waals surface area contributed by atoms with Gasteiger partial charge < -0.3 is 4.90 Å². The van der Waals surface area contributed by atoms with E-state index >= 15 is 0 Å². The molecule has 2 heterocycles. The van der Waals surface area contributed by atoms with Gasteiger partial charge in [0.15, 0.2) is 5.82 Å². The van der Waals surface area contributed by atoms with Crippen LogP contribution in [0.4, 0.5) is 17.1 Å². The molecule has 0 aliphatic carbocycles. The summed E-state index contributed by atoms with van der Waals surface area (Å²) in [5, 5.41) is 3.37. The van der Waals surface area contributed by atoms with E-state index in [1.807, 2.05) is 17.8 Å². The number of benzene rings is 6. The van der Waals surface area contributed by atoms with Gasteiger partial charge in [0.1, 0.15) is 0 Å². The Morgan fingerprint density at radius 1 is 0.475 bits per heavy atom. The van der Waals surface area contributed by atoms with E-state index in [-0.39, 0.29) is 0 Å². The number of hydrogen-bond acceptors (Lipinski definition) is 4. The monoisotopic (exact) mass is 529 g/mol. The molecule has 40 heavy (non-hydrogen) atoms. The molecule has 0 radical (unpaired) electrons. The predicted octanol–water partition coefficient (Wildman–Crippen LogP) is 10.1. The van der Waals surface area contributed by atoms with E-state index in [4.69, 9.17) is 9.97 Å². The van der Waals surface area contributed by atoms with Crippen molar-refractivity contribution in [1.82, 2.24) is 9.97 Å². The zero-order valence-corrected chi connectivity index (χ0v) is 22.3. The number of nitrogens with zero attached hydrogens (tertiary/aromatic N) is 3. The third-order valence-corrected chi connectivity index (χ3v) is 8.58. The highest BCUT2D eigenvalue weighted by Crippen LogP contribution is 2.51. The molecule has 188 valence electrons. The second-order valence-electron chi connectivity index (χ2n) is 9.86. The summed E-state index contributed by atoms with van der Waals surface area (Å²) in [6.45, 7) is 0. The van der Waals surface area contributed by atoms with Crippen LogP contribution in [0.5, 0.6) is 0 Å². The Labute approximate surface area is 236 Å². The molecule has 0 spiro atoms. The summed E-state index contributed by atoms with van der Waals surface area (Å²) in [6.07, 6.45) is 0. The molecule has 6 aromatic carbocycles. The predicted molar refractivity (Wildman–Crippen MR) is 167 cm³/mol. The number of para-hydroxylation sites is 2. The Morgan fingerprint density at radius 2 is 1.12 bits per heavy atom. The molecule has 1 aromatic heterocycles. The zero-order valence-electron chi connectivity index (χ0n) is 21.5. The summed E-state index contributed by atoms with van der Waals surface area (Å²) in [7, 11) is 0. The van der Waals surface area contributed by atoms with E-state index in [1.54, 1.807) is 0 Å². The first kappa shape index (κ1) is 23.0. The number of fused-ring (bicyclic) bond motifs is 5. The minimum atomic E-state index is 0.726. The van der Waals surface area contributed by atoms with E-state index in [9.17, 15) is 0 Å². The van der Waals surface area contributed by atoms with Gasteiger partial charge in [-0.15, -0.1) is 0 Å². The summed E-state index contributed by atoms with van der Waals surface area (Å²) in [4.78, 5) is 15.1. The molecule has 0 saturated heterocycles. The minimum Gasteiger partial charge on any atom is -0.308 e. The smallest absolute Gasteiger partial charge is 0.160 e. The molecule has 1 aliphatic heterocycles. The normalized spacial score (nSPS) is 12.3. The lowest BCUT2D eigenvalue weighted by atomic mass is 10.0. The van der Waals surface area contributed by atoms with Crippen molar-refractivity contribution in [2.24, 2.45) is 0 Å². The molecule has 0 fully saturated rings. The number of rotatable bonds is 3. The minimum absolute atomic E-state index is 0.726. The summed E-state index contributed by atoms with van der Waals surface area (Å²) in [6, 6.07) is 49.0. The zero-order chi connectivity index (χ0) is 26.5. The SMILES string of the molecule is c1ccc(-c2nc(-c3ccc(N4c5ccccc5Sc5ccccc54)cc3)nc3c2ccc2ccccc23)cc1. The van der Waals surface area contributed by atoms with Crippen molar-refractivity contribution < 1.29 is 0 Å². The molecule has 3 nitrogen and oxygen atoms in total. The lowest BCUT2D eigenvalue weighted by molar-refractivity contribution is 1.16. The maximum Gasteiger partial charge on any atom is 0.160 e. The number of hydrogen-bond donors (Lipinski definition) is 0. The van der Waals surface area contributed by atoms with Crippen LogP contribution in [0.15, 0.2) is 149 Å². The summed E-state index contributed by atoms with van der Waals surface area (Å²) >= 11 is 1.82. The van der Waals surface area contributed by atoms with Crippen molar-refractivity contribution in [2.75, 3.05) is 4.90 Å². The van der Waals surface area contributed by atoms with Gasteiger partial charge >= 0.3 is 0 Å². The molecule has 0 bridgehead atoms. The lowest BCUT2D eigenvalue weighted by Crippen LogP contribution is -2.14. The largest absolute Gasteiger partial charge is 0.308 e. The molecule has 0 amide bonds. The lowest BCUT2D eigenvalue weighted by Gasteiger charge is -2.32. The third kappa shape index (κ3) is 3.76. The molecule has 8 rings (SSSR count). The standard InChI is InChI=1S/C36H23N3S/c1-2-11-25(12-3-1)34-29-23-20-24-10-4-5-13-28(24)35(29)38-36(37-34)26-18-21-27(22-19-26)39-30-14-6-8-16-32(30)40-33-17-9-7-15-31(33)39/h1-23H. The fourth-order valence-electron chi connectivity index (χ4n) is 5.55. The van der Waals surface area contributed by atoms with Crippen LogP contribution in [0.2, 0.25) is 0 Å². The van der Waals surface area contributed by atoms with Crippen LogP contribution in [0.1, 0.15) is 0 Å². The molecule has 0 atom stereocenters. The quantitative estimate of drug-likeness (QED) is 0.213. The van der Waals surface area contributed by atoms with Gasteiger partial charge in [-0.2, -0.15) is 0 Å². The fraction of sp³-hybridized carbons (Fsp3) is 0. The third-order valence-electron chi connectivity index (χ3n) is 7.45. The molecular weight excluding hydrogens is 506 g/mol. The van der Waals surface area contributed by atoms with Crippen LogP contribution in [0.3, 0.4) is 0 Å². The first-order valence-electron chi connectivity index (χ1n) is 13.3. The number of aromatic nitrogens is 2. The first-order valence-corrected chi connectivity index (χ1v) is 14.2. The molecule has 4 heteroatoms. The molecule has 7 aromatic rings. The topological polar surface area (TPSA) is 29.0 Å². The highest BCUT2D eigenvalue weighted by Gasteiger charge is 2.24. The highest BCUT2D eigenvalue weighted by molar-refractivity contribution is 7.99. The van der Waals surface area contributed by atoms with E-state index < -0.39 is 0 Å². The van der Waals surface area contributed by atoms with Gasteiger partial charge in [0, 0.05) is 37.4 Å². The van der Waals surface area contributed by atoms with Crippen molar-refractivity contribution in [2.45, 2.75) is 9.79 Å². The van der Waals surface area contributed by atoms with E-state index in [0.717, 1.165) is 44.6 Å². The maximum atomic E-state index is 5.15. The average molecular weight is 530 g/mol. The molecular formula is C36H23N3S. The van der Waals surface area contributed by atoms with Crippen molar-refractivity contribution in [3.05, 3.63) is 140 Å². The second-order valence-corrected chi connectivity index (χ2v) is 10.9. The van der Waals surface area contributed by atoms with Crippen LogP contribution in [0, 0.1) is 0 Å². The van der Waals surface area contributed by atoms with Crippen molar-refractivity contribution in [1.29, 1.82) is 0 Å². The Hall–Kier alpha value is -4.93. The summed E-state index contributed by atoms with van der Waals surface area (Å²) in [5.74, 6) is 0.726. The summed E-state index contributed by atoms with van der Waals surface area (Å²) in [5.41, 5.74) is 7.50. The van der Waals surface area contributed by atoms with Crippen molar-refractivity contribution in [3.8, 4) is 22.6 Å². The van der Waals surface area contributed by atoms with E-state index in [0.29, 0.717) is 0 Å². The van der Waals surface area contributed by atoms with Gasteiger partial charge in [-0.1, -0.05) is 96.7 Å². The highest BCUT2D eigenvalue weighted by atomic mass is 32.2. The Bertz CT molecular complexity index is 1990. The van der Waals surface area contributed by atoms with Crippen LogP contribution in [0.25, 0.3) is 44.3 Å². The van der Waals surface area contributed by atoms with E-state index in [1.165, 1.54) is 26.6 Å². The summed E-state index contributed by atoms with van der Waals surface area (Å²) < 4.78 is 0. The van der Waals surface area contributed by atoms with Gasteiger partial charge in [-0.3, -0.25) is 0 Å². The Morgan fingerprint density at radius 3 is 1.88 bits per heavy atom. The second kappa shape index (κ2) is 9.37. The van der Waals surface area contributed by atoms with Gasteiger partial charge in [0.2, 0.25) is 0 Å². The average Bonchev–Trinajstić information content (AvgIpc) is 3.03. The molecule has 0 unspecified atom stereocenters. The number of anilines is 3. The molecule has 0 N–H and O–H groups in total. The van der Waals surface area contributed by atoms with Crippen molar-refractivity contribution >= 4 is 50.5 Å². The Balaban J connectivity index is 1.29. The molecule has 1 aliphatic rings. The van der Waals surface area contributed by atoms with Crippen LogP contribution in [-0.4, -0.2) is 9.97 Å². The van der Waals surface area contributed by atoms with Gasteiger partial charge in [0.05, 0.1) is 22.6 Å². The Kier molecular flexibility index (Phi) is 5.39. The van der Waals surface area contributed by atoms with Gasteiger partial charge in [-0.05, 0) is 60.0 Å². The first-order chi connectivity index (χ1) is 19.8. The van der Waals surface area contributed by atoms with Crippen molar-refractivity contribution in [3.63, 3.8) is 0 Å². The maximum absolute atomic E-state index is 5.15.